The van der Waals surface area contributed by atoms with Crippen LogP contribution in [0.25, 0.3) is 0 Å². The summed E-state index contributed by atoms with van der Waals surface area (Å²) in [5, 5.41) is 6.83. The van der Waals surface area contributed by atoms with Gasteiger partial charge in [0.25, 0.3) is 0 Å². The summed E-state index contributed by atoms with van der Waals surface area (Å²) in [5.74, 6) is 0.703. The number of benzene rings is 1. The molecule has 2 aromatic rings. The summed E-state index contributed by atoms with van der Waals surface area (Å²) < 4.78 is 0. The molecule has 0 amide bonds. The Labute approximate surface area is 136 Å². The first-order valence-electron chi connectivity index (χ1n) is 8.39. The molecule has 4 rings (SSSR count). The third-order valence-corrected chi connectivity index (χ3v) is 4.73. The van der Waals surface area contributed by atoms with Crippen LogP contribution in [0.5, 0.6) is 0 Å². The largest absolute Gasteiger partial charge is 0.381 e. The summed E-state index contributed by atoms with van der Waals surface area (Å²) in [5.41, 5.74) is 11.1. The second-order valence-electron chi connectivity index (χ2n) is 6.33. The molecule has 5 nitrogen and oxygen atoms in total. The van der Waals surface area contributed by atoms with Crippen LogP contribution in [0.15, 0.2) is 42.6 Å². The van der Waals surface area contributed by atoms with Gasteiger partial charge in [0.15, 0.2) is 0 Å². The number of hydrogen-bond donors (Lipinski definition) is 4. The van der Waals surface area contributed by atoms with Crippen LogP contribution < -0.4 is 21.5 Å². The summed E-state index contributed by atoms with van der Waals surface area (Å²) >= 11 is 0. The zero-order chi connectivity index (χ0) is 15.5. The van der Waals surface area contributed by atoms with Gasteiger partial charge in [-0.1, -0.05) is 24.6 Å². The SMILES string of the molecule is c1cc(NCc2ccc(C3CCC3)nc2)cc(C2NCNN2)c1. The van der Waals surface area contributed by atoms with Crippen molar-refractivity contribution in [2.45, 2.75) is 37.9 Å². The van der Waals surface area contributed by atoms with Gasteiger partial charge in [-0.15, -0.1) is 0 Å². The van der Waals surface area contributed by atoms with Gasteiger partial charge >= 0.3 is 0 Å². The van der Waals surface area contributed by atoms with Gasteiger partial charge in [0.1, 0.15) is 0 Å². The second kappa shape index (κ2) is 6.66. The predicted molar refractivity (Wildman–Crippen MR) is 91.6 cm³/mol. The maximum atomic E-state index is 4.63. The molecule has 1 aliphatic carbocycles. The smallest absolute Gasteiger partial charge is 0.0974 e. The first-order chi connectivity index (χ1) is 11.4. The number of anilines is 1. The molecule has 4 N–H and O–H groups in total. The van der Waals surface area contributed by atoms with Gasteiger partial charge in [0, 0.05) is 30.0 Å². The Hall–Kier alpha value is -1.95. The summed E-state index contributed by atoms with van der Waals surface area (Å²) in [7, 11) is 0. The maximum absolute atomic E-state index is 4.63. The molecule has 1 aromatic carbocycles. The topological polar surface area (TPSA) is 61.0 Å². The summed E-state index contributed by atoms with van der Waals surface area (Å²) in [6.07, 6.45) is 6.13. The Kier molecular flexibility index (Phi) is 4.24. The number of hydrogen-bond acceptors (Lipinski definition) is 5. The van der Waals surface area contributed by atoms with Crippen LogP contribution in [0.1, 0.15) is 48.2 Å². The molecule has 1 aromatic heterocycles. The molecular weight excluding hydrogens is 286 g/mol. The average Bonchev–Trinajstić information content (AvgIpc) is 3.07. The molecule has 0 spiro atoms. The number of hydrazine groups is 1. The molecule has 1 saturated carbocycles. The highest BCUT2D eigenvalue weighted by atomic mass is 15.5. The van der Waals surface area contributed by atoms with E-state index in [-0.39, 0.29) is 6.17 Å². The van der Waals surface area contributed by atoms with Crippen LogP contribution in [-0.4, -0.2) is 11.7 Å². The van der Waals surface area contributed by atoms with E-state index in [9.17, 15) is 0 Å². The molecule has 5 heteroatoms. The van der Waals surface area contributed by atoms with E-state index in [0.29, 0.717) is 5.92 Å². The Morgan fingerprint density at radius 2 is 2.13 bits per heavy atom. The molecule has 2 heterocycles. The van der Waals surface area contributed by atoms with Crippen molar-refractivity contribution in [1.29, 1.82) is 0 Å². The van der Waals surface area contributed by atoms with E-state index >= 15 is 0 Å². The number of nitrogens with zero attached hydrogens (tertiary/aromatic N) is 1. The van der Waals surface area contributed by atoms with Crippen molar-refractivity contribution in [3.05, 3.63) is 59.4 Å². The Morgan fingerprint density at radius 1 is 1.17 bits per heavy atom. The van der Waals surface area contributed by atoms with Crippen LogP contribution >= 0.6 is 0 Å². The van der Waals surface area contributed by atoms with E-state index in [2.05, 4.69) is 62.9 Å². The Bertz CT molecular complexity index is 645. The van der Waals surface area contributed by atoms with E-state index in [1.54, 1.807) is 0 Å². The zero-order valence-corrected chi connectivity index (χ0v) is 13.2. The minimum atomic E-state index is 0.167. The molecule has 120 valence electrons. The Morgan fingerprint density at radius 3 is 2.83 bits per heavy atom. The quantitative estimate of drug-likeness (QED) is 0.684. The summed E-state index contributed by atoms with van der Waals surface area (Å²) in [6, 6.07) is 12.9. The summed E-state index contributed by atoms with van der Waals surface area (Å²) in [4.78, 5) is 4.63. The molecule has 23 heavy (non-hydrogen) atoms. The molecule has 1 saturated heterocycles. The number of aromatic nitrogens is 1. The third kappa shape index (κ3) is 3.37. The fraction of sp³-hybridized carbons (Fsp3) is 0.389. The van der Waals surface area contributed by atoms with Crippen LogP contribution in [0.3, 0.4) is 0 Å². The first kappa shape index (κ1) is 14.6. The van der Waals surface area contributed by atoms with E-state index in [0.717, 1.165) is 18.9 Å². The predicted octanol–water partition coefficient (Wildman–Crippen LogP) is 2.61. The van der Waals surface area contributed by atoms with Gasteiger partial charge in [-0.2, -0.15) is 0 Å². The normalized spacial score (nSPS) is 21.1. The third-order valence-electron chi connectivity index (χ3n) is 4.73. The first-order valence-corrected chi connectivity index (χ1v) is 8.39. The lowest BCUT2D eigenvalue weighted by Gasteiger charge is -2.24. The molecule has 1 aliphatic heterocycles. The molecular formula is C18H23N5. The number of rotatable bonds is 5. The van der Waals surface area contributed by atoms with Gasteiger partial charge in [0.05, 0.1) is 12.8 Å². The van der Waals surface area contributed by atoms with E-state index in [1.165, 1.54) is 36.1 Å². The fourth-order valence-electron chi connectivity index (χ4n) is 3.08. The van der Waals surface area contributed by atoms with E-state index in [4.69, 9.17) is 0 Å². The van der Waals surface area contributed by atoms with Gasteiger partial charge in [-0.05, 0) is 42.2 Å². The van der Waals surface area contributed by atoms with Crippen LogP contribution in [0.2, 0.25) is 0 Å². The molecule has 0 radical (unpaired) electrons. The van der Waals surface area contributed by atoms with E-state index < -0.39 is 0 Å². The highest BCUT2D eigenvalue weighted by molar-refractivity contribution is 5.47. The molecule has 0 bridgehead atoms. The monoisotopic (exact) mass is 309 g/mol. The lowest BCUT2D eigenvalue weighted by molar-refractivity contribution is 0.411. The Balaban J connectivity index is 1.37. The lowest BCUT2D eigenvalue weighted by Crippen LogP contribution is -2.25. The summed E-state index contributed by atoms with van der Waals surface area (Å²) in [6.45, 7) is 1.58. The van der Waals surface area contributed by atoms with Gasteiger partial charge in [-0.25, -0.2) is 10.9 Å². The van der Waals surface area contributed by atoms with Crippen molar-refractivity contribution in [2.75, 3.05) is 12.0 Å². The second-order valence-corrected chi connectivity index (χ2v) is 6.33. The van der Waals surface area contributed by atoms with Crippen LogP contribution in [-0.2, 0) is 6.54 Å². The highest BCUT2D eigenvalue weighted by Gasteiger charge is 2.20. The van der Waals surface area contributed by atoms with Gasteiger partial charge < -0.3 is 5.32 Å². The molecule has 1 unspecified atom stereocenters. The minimum Gasteiger partial charge on any atom is -0.381 e. The van der Waals surface area contributed by atoms with E-state index in [1.807, 2.05) is 6.20 Å². The molecule has 2 aliphatic rings. The number of nitrogens with one attached hydrogen (secondary N) is 4. The maximum Gasteiger partial charge on any atom is 0.0974 e. The van der Waals surface area contributed by atoms with Crippen molar-refractivity contribution in [1.82, 2.24) is 21.2 Å². The minimum absolute atomic E-state index is 0.167. The molecule has 1 atom stereocenters. The van der Waals surface area contributed by atoms with Crippen molar-refractivity contribution in [2.24, 2.45) is 0 Å². The molecule has 2 fully saturated rings. The van der Waals surface area contributed by atoms with Crippen molar-refractivity contribution >= 4 is 5.69 Å². The highest BCUT2D eigenvalue weighted by Crippen LogP contribution is 2.35. The van der Waals surface area contributed by atoms with Crippen molar-refractivity contribution < 1.29 is 0 Å². The zero-order valence-electron chi connectivity index (χ0n) is 13.2. The van der Waals surface area contributed by atoms with Crippen LogP contribution in [0.4, 0.5) is 5.69 Å². The standard InChI is InChI=1S/C18H23N5/c1-3-14(4-1)17-8-7-13(11-20-17)10-19-16-6-2-5-15(9-16)18-21-12-22-23-18/h2,5-9,11,14,18-19,21-23H,1,3-4,10,12H2. The number of pyridine rings is 1. The average molecular weight is 309 g/mol. The van der Waals surface area contributed by atoms with Crippen LogP contribution in [0, 0.1) is 0 Å². The van der Waals surface area contributed by atoms with Gasteiger partial charge in [-0.3, -0.25) is 10.3 Å². The van der Waals surface area contributed by atoms with Crippen molar-refractivity contribution in [3.63, 3.8) is 0 Å². The van der Waals surface area contributed by atoms with Gasteiger partial charge in [0.2, 0.25) is 0 Å². The lowest BCUT2D eigenvalue weighted by atomic mass is 9.82. The van der Waals surface area contributed by atoms with Crippen molar-refractivity contribution in [3.8, 4) is 0 Å². The fourth-order valence-corrected chi connectivity index (χ4v) is 3.08.